The molecule has 3 N–H and O–H groups in total. The van der Waals surface area contributed by atoms with E-state index < -0.39 is 20.0 Å². The first-order chi connectivity index (χ1) is 41.5. The maximum Gasteiger partial charge on any atom is 0.472 e. The number of unbranched alkanes of at least 4 members (excludes halogenated alkanes) is 48. The summed E-state index contributed by atoms with van der Waals surface area (Å²) in [7, 11) is 1.56. The predicted octanol–water partition coefficient (Wildman–Crippen LogP) is 23.9. The maximum absolute atomic E-state index is 13.1. The summed E-state index contributed by atoms with van der Waals surface area (Å²) < 4.78 is 23.8. The summed E-state index contributed by atoms with van der Waals surface area (Å²) in [6.07, 6.45) is 92.6. The quantitative estimate of drug-likeness (QED) is 0.0243. The van der Waals surface area contributed by atoms with E-state index in [1.54, 1.807) is 6.08 Å². The Balaban J connectivity index is 4.05. The molecule has 0 bridgehead atoms. The number of carbonyl (C=O) groups excluding carboxylic acids is 1. The van der Waals surface area contributed by atoms with E-state index in [2.05, 4.69) is 67.8 Å². The lowest BCUT2D eigenvalue weighted by Gasteiger charge is -2.25. The number of quaternary nitrogens is 1. The third-order valence-electron chi connectivity index (χ3n) is 16.9. The minimum atomic E-state index is -4.37. The highest BCUT2D eigenvalue weighted by molar-refractivity contribution is 7.47. The lowest BCUT2D eigenvalue weighted by molar-refractivity contribution is -0.870. The number of aliphatic hydroxyl groups is 1. The van der Waals surface area contributed by atoms with Crippen LogP contribution in [0.25, 0.3) is 0 Å². The standard InChI is InChI=1S/C76H145N2O6P/c1-6-8-10-12-14-16-18-20-22-24-26-28-30-32-34-36-37-38-39-40-41-42-44-46-48-50-52-54-56-58-60-62-64-66-68-70-76(80)77-74(73-84-85(81,82)83-72-71-78(3,4)5)75(79)69-67-65-63-61-59-57-55-53-51-49-47-45-43-35-33-31-29-27-25-23-21-19-17-15-13-11-9-7-2/h18,20,24,26,51,53,59,61,67,69,74-75,79H,6-17,19,21-23,25,27-50,52,54-58,60,62-66,68,70-73H2,1-5H3,(H-,77,80,81,82)/p+1/b20-18-,26-24-,53-51+,61-59+,69-67+. The van der Waals surface area contributed by atoms with Gasteiger partial charge in [0.2, 0.25) is 5.91 Å². The summed E-state index contributed by atoms with van der Waals surface area (Å²) >= 11 is 0. The molecule has 0 radical (unpaired) electrons. The van der Waals surface area contributed by atoms with Crippen molar-refractivity contribution < 1.29 is 32.9 Å². The number of allylic oxidation sites excluding steroid dienone is 9. The van der Waals surface area contributed by atoms with Gasteiger partial charge in [-0.25, -0.2) is 4.57 Å². The van der Waals surface area contributed by atoms with E-state index in [0.29, 0.717) is 17.4 Å². The number of likely N-dealkylation sites (N-methyl/N-ethyl adjacent to an activating group) is 1. The van der Waals surface area contributed by atoms with Crippen LogP contribution < -0.4 is 5.32 Å². The second kappa shape index (κ2) is 66.6. The molecule has 0 spiro atoms. The van der Waals surface area contributed by atoms with E-state index in [-0.39, 0.29) is 19.1 Å². The smallest absolute Gasteiger partial charge is 0.387 e. The van der Waals surface area contributed by atoms with Crippen LogP contribution >= 0.6 is 7.82 Å². The van der Waals surface area contributed by atoms with Crippen LogP contribution in [0.2, 0.25) is 0 Å². The Morgan fingerprint density at radius 2 is 0.682 bits per heavy atom. The molecule has 0 aliphatic heterocycles. The van der Waals surface area contributed by atoms with Crippen LogP contribution in [-0.4, -0.2) is 73.4 Å². The molecule has 0 heterocycles. The van der Waals surface area contributed by atoms with Gasteiger partial charge in [0.15, 0.2) is 0 Å². The van der Waals surface area contributed by atoms with E-state index in [9.17, 15) is 19.4 Å². The molecule has 9 heteroatoms. The molecule has 3 atom stereocenters. The molecule has 0 aromatic heterocycles. The Kier molecular flexibility index (Phi) is 65.2. The summed E-state index contributed by atoms with van der Waals surface area (Å²) in [5, 5.41) is 14.0. The van der Waals surface area contributed by atoms with Gasteiger partial charge in [0.1, 0.15) is 13.2 Å². The van der Waals surface area contributed by atoms with E-state index in [1.807, 2.05) is 27.2 Å². The number of rotatable bonds is 69. The highest BCUT2D eigenvalue weighted by Gasteiger charge is 2.28. The van der Waals surface area contributed by atoms with Crippen molar-refractivity contribution in [2.24, 2.45) is 0 Å². The van der Waals surface area contributed by atoms with Crippen LogP contribution in [0.4, 0.5) is 0 Å². The topological polar surface area (TPSA) is 105 Å². The van der Waals surface area contributed by atoms with E-state index in [0.717, 1.165) is 51.4 Å². The molecular formula is C76H146N2O6P+. The number of hydrogen-bond donors (Lipinski definition) is 3. The fraction of sp³-hybridized carbons (Fsp3) is 0.855. The van der Waals surface area contributed by atoms with Crippen molar-refractivity contribution >= 4 is 13.7 Å². The number of carbonyl (C=O) groups is 1. The van der Waals surface area contributed by atoms with Crippen molar-refractivity contribution in [1.29, 1.82) is 0 Å². The lowest BCUT2D eigenvalue weighted by atomic mass is 10.0. The molecule has 85 heavy (non-hydrogen) atoms. The van der Waals surface area contributed by atoms with Crippen molar-refractivity contribution in [2.45, 2.75) is 379 Å². The molecule has 0 aliphatic rings. The predicted molar refractivity (Wildman–Crippen MR) is 374 cm³/mol. The van der Waals surface area contributed by atoms with Gasteiger partial charge in [-0.1, -0.05) is 344 Å². The van der Waals surface area contributed by atoms with Gasteiger partial charge in [0.05, 0.1) is 39.9 Å². The van der Waals surface area contributed by atoms with Crippen LogP contribution in [-0.2, 0) is 18.4 Å². The van der Waals surface area contributed by atoms with Gasteiger partial charge in [-0.2, -0.15) is 0 Å². The fourth-order valence-electron chi connectivity index (χ4n) is 11.2. The molecule has 500 valence electrons. The number of phosphoric ester groups is 1. The average molecular weight is 1210 g/mol. The van der Waals surface area contributed by atoms with E-state index >= 15 is 0 Å². The highest BCUT2D eigenvalue weighted by atomic mass is 31.2. The Hall–Kier alpha value is -1.80. The van der Waals surface area contributed by atoms with Crippen LogP contribution in [0.5, 0.6) is 0 Å². The SMILES string of the molecule is CCCCCCC/C=C\C/C=C\CCCCCCCCCCCCCCCCCCCCCCCCCC(=O)NC(COP(=O)(O)OCC[N+](C)(C)C)C(O)/C=C/CC/C=C/CC/C=C/CCCCCCCCCCCCCCCCCCCC. The number of amides is 1. The van der Waals surface area contributed by atoms with E-state index in [1.165, 1.54) is 295 Å². The molecular weight excluding hydrogens is 1070 g/mol. The molecule has 0 saturated heterocycles. The van der Waals surface area contributed by atoms with Crippen molar-refractivity contribution in [3.8, 4) is 0 Å². The van der Waals surface area contributed by atoms with Gasteiger partial charge < -0.3 is 19.8 Å². The summed E-state index contributed by atoms with van der Waals surface area (Å²) in [5.41, 5.74) is 0. The molecule has 1 amide bonds. The molecule has 8 nitrogen and oxygen atoms in total. The third kappa shape index (κ3) is 69.5. The Morgan fingerprint density at radius 3 is 1.01 bits per heavy atom. The van der Waals surface area contributed by atoms with Crippen molar-refractivity contribution in [1.82, 2.24) is 5.32 Å². The molecule has 0 aromatic carbocycles. The fourth-order valence-corrected chi connectivity index (χ4v) is 11.9. The minimum Gasteiger partial charge on any atom is -0.387 e. The Morgan fingerprint density at radius 1 is 0.400 bits per heavy atom. The normalized spacial score (nSPS) is 13.9. The van der Waals surface area contributed by atoms with Crippen LogP contribution in [0.3, 0.4) is 0 Å². The highest BCUT2D eigenvalue weighted by Crippen LogP contribution is 2.43. The number of hydrogen-bond acceptors (Lipinski definition) is 5. The zero-order chi connectivity index (χ0) is 61.9. The number of nitrogens with zero attached hydrogens (tertiary/aromatic N) is 1. The second-order valence-electron chi connectivity index (χ2n) is 26.7. The summed E-state index contributed by atoms with van der Waals surface area (Å²) in [6.45, 7) is 4.83. The van der Waals surface area contributed by atoms with Gasteiger partial charge >= 0.3 is 7.82 Å². The molecule has 0 saturated carbocycles. The monoisotopic (exact) mass is 1210 g/mol. The molecule has 0 aliphatic carbocycles. The van der Waals surface area contributed by atoms with Crippen LogP contribution in [0.1, 0.15) is 367 Å². The zero-order valence-electron chi connectivity index (χ0n) is 57.4. The van der Waals surface area contributed by atoms with Gasteiger partial charge in [-0.3, -0.25) is 13.8 Å². The first-order valence-corrected chi connectivity index (χ1v) is 38.7. The number of aliphatic hydroxyl groups excluding tert-OH is 1. The zero-order valence-corrected chi connectivity index (χ0v) is 58.3. The lowest BCUT2D eigenvalue weighted by Crippen LogP contribution is -2.45. The largest absolute Gasteiger partial charge is 0.472 e. The molecule has 0 aromatic rings. The number of phosphoric acid groups is 1. The summed E-state index contributed by atoms with van der Waals surface area (Å²) in [5.74, 6) is -0.185. The van der Waals surface area contributed by atoms with Gasteiger partial charge in [0, 0.05) is 6.42 Å². The second-order valence-corrected chi connectivity index (χ2v) is 28.1. The van der Waals surface area contributed by atoms with Crippen molar-refractivity contribution in [3.63, 3.8) is 0 Å². The number of nitrogens with one attached hydrogen (secondary N) is 1. The third-order valence-corrected chi connectivity index (χ3v) is 17.9. The van der Waals surface area contributed by atoms with E-state index in [4.69, 9.17) is 9.05 Å². The van der Waals surface area contributed by atoms with Gasteiger partial charge in [0.25, 0.3) is 0 Å². The first kappa shape index (κ1) is 83.2. The molecule has 0 rings (SSSR count). The molecule has 0 fully saturated rings. The Labute approximate surface area is 530 Å². The first-order valence-electron chi connectivity index (χ1n) is 37.2. The van der Waals surface area contributed by atoms with Gasteiger partial charge in [-0.05, 0) is 77.0 Å². The maximum atomic E-state index is 13.1. The minimum absolute atomic E-state index is 0.0540. The van der Waals surface area contributed by atoms with Crippen LogP contribution in [0.15, 0.2) is 60.8 Å². The Bertz CT molecular complexity index is 1570. The van der Waals surface area contributed by atoms with Crippen molar-refractivity contribution in [2.75, 3.05) is 40.9 Å². The van der Waals surface area contributed by atoms with Crippen LogP contribution in [0, 0.1) is 0 Å². The molecule has 3 unspecified atom stereocenters. The average Bonchev–Trinajstić information content (AvgIpc) is 3.48. The summed E-state index contributed by atoms with van der Waals surface area (Å²) in [6, 6.07) is -0.872. The van der Waals surface area contributed by atoms with Gasteiger partial charge in [-0.15, -0.1) is 0 Å². The summed E-state index contributed by atoms with van der Waals surface area (Å²) in [4.78, 5) is 23.4. The van der Waals surface area contributed by atoms with Crippen molar-refractivity contribution in [3.05, 3.63) is 60.8 Å².